The fraction of sp³-hybridized carbons (Fsp3) is 0.556. The van der Waals surface area contributed by atoms with Gasteiger partial charge in [-0.1, -0.05) is 19.8 Å². The van der Waals surface area contributed by atoms with Crippen LogP contribution in [-0.4, -0.2) is 23.0 Å². The highest BCUT2D eigenvalue weighted by Gasteiger charge is 2.22. The van der Waals surface area contributed by atoms with E-state index in [1.165, 1.54) is 0 Å². The van der Waals surface area contributed by atoms with E-state index in [0.29, 0.717) is 0 Å². The number of carboxylic acid groups (broad SMARTS) is 1. The molecule has 13 heavy (non-hydrogen) atoms. The van der Waals surface area contributed by atoms with E-state index in [1.807, 2.05) is 0 Å². The molecule has 0 heterocycles. The van der Waals surface area contributed by atoms with Crippen LogP contribution in [0.15, 0.2) is 0 Å². The van der Waals surface area contributed by atoms with Gasteiger partial charge in [0.05, 0.1) is 6.42 Å². The molecular weight excluding hydrogens is 170 g/mol. The molecule has 0 saturated heterocycles. The number of hydrogen-bond donors (Lipinski definition) is 2. The van der Waals surface area contributed by atoms with Gasteiger partial charge in [-0.2, -0.15) is 0 Å². The van der Waals surface area contributed by atoms with Crippen molar-refractivity contribution in [3.8, 4) is 12.3 Å². The molecule has 1 atom stereocenters. The molecule has 0 aliphatic carbocycles. The fourth-order valence-corrected chi connectivity index (χ4v) is 0.831. The second-order valence-electron chi connectivity index (χ2n) is 3.01. The van der Waals surface area contributed by atoms with Crippen LogP contribution in [0, 0.1) is 18.3 Å². The van der Waals surface area contributed by atoms with Crippen molar-refractivity contribution in [2.24, 2.45) is 5.92 Å². The maximum Gasteiger partial charge on any atom is 0.326 e. The molecule has 1 amide bonds. The van der Waals surface area contributed by atoms with Crippen molar-refractivity contribution in [1.29, 1.82) is 0 Å². The minimum atomic E-state index is -1.04. The molecule has 0 aliphatic heterocycles. The monoisotopic (exact) mass is 183 g/mol. The van der Waals surface area contributed by atoms with E-state index in [4.69, 9.17) is 11.5 Å². The molecule has 0 aromatic heterocycles. The van der Waals surface area contributed by atoms with Gasteiger partial charge in [0.1, 0.15) is 6.04 Å². The fourth-order valence-electron chi connectivity index (χ4n) is 0.831. The number of carbonyl (C=O) groups is 2. The summed E-state index contributed by atoms with van der Waals surface area (Å²) >= 11 is 0. The Morgan fingerprint density at radius 2 is 2.08 bits per heavy atom. The topological polar surface area (TPSA) is 66.4 Å². The third-order valence-corrected chi connectivity index (χ3v) is 1.51. The number of aliphatic carboxylic acids is 1. The Hall–Kier alpha value is -1.50. The maximum absolute atomic E-state index is 10.9. The van der Waals surface area contributed by atoms with Gasteiger partial charge in [-0.05, 0) is 5.92 Å². The van der Waals surface area contributed by atoms with E-state index in [2.05, 4.69) is 11.2 Å². The lowest BCUT2D eigenvalue weighted by Crippen LogP contribution is -2.44. The van der Waals surface area contributed by atoms with Crippen molar-refractivity contribution < 1.29 is 14.7 Å². The van der Waals surface area contributed by atoms with Crippen LogP contribution in [0.25, 0.3) is 0 Å². The van der Waals surface area contributed by atoms with Gasteiger partial charge < -0.3 is 10.4 Å². The summed E-state index contributed by atoms with van der Waals surface area (Å²) in [6.45, 7) is 3.43. The molecule has 0 bridgehead atoms. The van der Waals surface area contributed by atoms with Gasteiger partial charge in [-0.3, -0.25) is 4.79 Å². The number of hydrogen-bond acceptors (Lipinski definition) is 2. The highest BCUT2D eigenvalue weighted by Crippen LogP contribution is 2.01. The molecule has 0 radical (unpaired) electrons. The lowest BCUT2D eigenvalue weighted by Gasteiger charge is -2.16. The first-order valence-corrected chi connectivity index (χ1v) is 3.94. The van der Waals surface area contributed by atoms with E-state index in [0.717, 1.165) is 0 Å². The van der Waals surface area contributed by atoms with Crippen molar-refractivity contribution >= 4 is 11.9 Å². The van der Waals surface area contributed by atoms with Crippen molar-refractivity contribution in [2.45, 2.75) is 26.3 Å². The zero-order valence-electron chi connectivity index (χ0n) is 7.70. The van der Waals surface area contributed by atoms with Gasteiger partial charge in [-0.15, -0.1) is 6.42 Å². The molecule has 2 N–H and O–H groups in total. The van der Waals surface area contributed by atoms with Crippen molar-refractivity contribution in [1.82, 2.24) is 5.32 Å². The van der Waals surface area contributed by atoms with Gasteiger partial charge in [0, 0.05) is 0 Å². The molecule has 0 aliphatic rings. The normalized spacial score (nSPS) is 11.8. The average Bonchev–Trinajstić information content (AvgIpc) is 1.99. The molecule has 4 heteroatoms. The summed E-state index contributed by atoms with van der Waals surface area (Å²) in [7, 11) is 0. The molecule has 0 fully saturated rings. The number of rotatable bonds is 4. The molecule has 0 saturated carbocycles. The van der Waals surface area contributed by atoms with E-state index in [9.17, 15) is 9.59 Å². The standard InChI is InChI=1S/C9H13NO3/c1-4-5-7(11)10-8(6(2)3)9(12)13/h1,6,8H,5H2,2-3H3,(H,10,11)(H,12,13)/t8-/m0/s1. The molecule has 0 aromatic rings. The van der Waals surface area contributed by atoms with Gasteiger partial charge >= 0.3 is 5.97 Å². The van der Waals surface area contributed by atoms with Gasteiger partial charge in [0.2, 0.25) is 5.91 Å². The van der Waals surface area contributed by atoms with Crippen LogP contribution < -0.4 is 5.32 Å². The zero-order valence-corrected chi connectivity index (χ0v) is 7.70. The maximum atomic E-state index is 10.9. The van der Waals surface area contributed by atoms with Crippen molar-refractivity contribution in [3.05, 3.63) is 0 Å². The molecule has 72 valence electrons. The molecule has 0 rings (SSSR count). The highest BCUT2D eigenvalue weighted by molar-refractivity contribution is 5.84. The second kappa shape index (κ2) is 5.20. The number of amides is 1. The summed E-state index contributed by atoms with van der Waals surface area (Å²) < 4.78 is 0. The highest BCUT2D eigenvalue weighted by atomic mass is 16.4. The van der Waals surface area contributed by atoms with E-state index >= 15 is 0 Å². The predicted octanol–water partition coefficient (Wildman–Crippen LogP) is 0.235. The third kappa shape index (κ3) is 4.16. The van der Waals surface area contributed by atoms with Crippen LogP contribution in [0.5, 0.6) is 0 Å². The SMILES string of the molecule is C#CCC(=O)N[C@H](C(=O)O)C(C)C. The largest absolute Gasteiger partial charge is 0.480 e. The average molecular weight is 183 g/mol. The van der Waals surface area contributed by atoms with Crippen molar-refractivity contribution in [3.63, 3.8) is 0 Å². The Bertz CT molecular complexity index is 240. The summed E-state index contributed by atoms with van der Waals surface area (Å²) in [6, 6.07) is -0.860. The second-order valence-corrected chi connectivity index (χ2v) is 3.01. The lowest BCUT2D eigenvalue weighted by molar-refractivity contribution is -0.142. The molecule has 4 nitrogen and oxygen atoms in total. The van der Waals surface area contributed by atoms with Gasteiger partial charge in [-0.25, -0.2) is 4.79 Å². The van der Waals surface area contributed by atoms with Crippen LogP contribution in [0.2, 0.25) is 0 Å². The summed E-state index contributed by atoms with van der Waals surface area (Å²) in [6.07, 6.45) is 4.81. The zero-order chi connectivity index (χ0) is 10.4. The number of nitrogens with one attached hydrogen (secondary N) is 1. The van der Waals surface area contributed by atoms with Crippen LogP contribution in [0.4, 0.5) is 0 Å². The Morgan fingerprint density at radius 1 is 1.54 bits per heavy atom. The van der Waals surface area contributed by atoms with Crippen LogP contribution in [-0.2, 0) is 9.59 Å². The quantitative estimate of drug-likeness (QED) is 0.613. The van der Waals surface area contributed by atoms with Gasteiger partial charge in [0.15, 0.2) is 0 Å². The predicted molar refractivity (Wildman–Crippen MR) is 47.9 cm³/mol. The van der Waals surface area contributed by atoms with E-state index in [-0.39, 0.29) is 12.3 Å². The molecule has 0 aromatic carbocycles. The van der Waals surface area contributed by atoms with E-state index in [1.54, 1.807) is 13.8 Å². The summed E-state index contributed by atoms with van der Waals surface area (Å²) in [5, 5.41) is 11.0. The summed E-state index contributed by atoms with van der Waals surface area (Å²) in [5.74, 6) is 0.524. The Kier molecular flexibility index (Phi) is 4.60. The number of carbonyl (C=O) groups excluding carboxylic acids is 1. The van der Waals surface area contributed by atoms with Crippen molar-refractivity contribution in [2.75, 3.05) is 0 Å². The van der Waals surface area contributed by atoms with Crippen LogP contribution in [0.1, 0.15) is 20.3 Å². The molecule has 0 unspecified atom stereocenters. The van der Waals surface area contributed by atoms with Gasteiger partial charge in [0.25, 0.3) is 0 Å². The van der Waals surface area contributed by atoms with E-state index < -0.39 is 17.9 Å². The lowest BCUT2D eigenvalue weighted by atomic mass is 10.0. The van der Waals surface area contributed by atoms with Crippen LogP contribution >= 0.6 is 0 Å². The third-order valence-electron chi connectivity index (χ3n) is 1.51. The molecular formula is C9H13NO3. The first kappa shape index (κ1) is 11.5. The Labute approximate surface area is 77.3 Å². The summed E-state index contributed by atoms with van der Waals surface area (Å²) in [4.78, 5) is 21.6. The summed E-state index contributed by atoms with van der Waals surface area (Å²) in [5.41, 5.74) is 0. The Balaban J connectivity index is 4.20. The smallest absolute Gasteiger partial charge is 0.326 e. The minimum Gasteiger partial charge on any atom is -0.480 e. The van der Waals surface area contributed by atoms with Crippen LogP contribution in [0.3, 0.4) is 0 Å². The number of carboxylic acids is 1. The minimum absolute atomic E-state index is 0.0868. The Morgan fingerprint density at radius 3 is 2.38 bits per heavy atom. The first-order chi connectivity index (χ1) is 5.99. The molecule has 0 spiro atoms. The number of terminal acetylenes is 1. The first-order valence-electron chi connectivity index (χ1n) is 3.94.